The van der Waals surface area contributed by atoms with Crippen LogP contribution in [0.5, 0.6) is 5.75 Å². The van der Waals surface area contributed by atoms with E-state index in [9.17, 15) is 5.11 Å². The summed E-state index contributed by atoms with van der Waals surface area (Å²) in [6.45, 7) is 0. The molecule has 0 saturated heterocycles. The molecule has 98 valence electrons. The normalized spacial score (nSPS) is 10.4. The summed E-state index contributed by atoms with van der Waals surface area (Å²) in [6.07, 6.45) is 0. The average molecular weight is 261 g/mol. The Morgan fingerprint density at radius 1 is 0.650 bits per heavy atom. The van der Waals surface area contributed by atoms with Gasteiger partial charge in [0.2, 0.25) is 0 Å². The lowest BCUT2D eigenvalue weighted by molar-refractivity contribution is 0.475. The molecule has 2 heteroatoms. The fraction of sp³-hybridized carbons (Fsp3) is 0. The van der Waals surface area contributed by atoms with Gasteiger partial charge in [-0.2, -0.15) is 0 Å². The lowest BCUT2D eigenvalue weighted by atomic mass is 9.93. The zero-order valence-electron chi connectivity index (χ0n) is 11.0. The minimum atomic E-state index is 0.263. The second-order valence-corrected chi connectivity index (χ2v) is 4.68. The third-order valence-corrected chi connectivity index (χ3v) is 3.34. The van der Waals surface area contributed by atoms with Crippen molar-refractivity contribution < 1.29 is 5.11 Å². The number of aromatic hydroxyl groups is 1. The van der Waals surface area contributed by atoms with Crippen LogP contribution in [0, 0.1) is 0 Å². The van der Waals surface area contributed by atoms with E-state index in [1.54, 1.807) is 12.1 Å². The van der Waals surface area contributed by atoms with E-state index in [0.29, 0.717) is 0 Å². The highest BCUT2D eigenvalue weighted by Crippen LogP contribution is 2.36. The summed E-state index contributed by atoms with van der Waals surface area (Å²) >= 11 is 0. The van der Waals surface area contributed by atoms with Gasteiger partial charge in [-0.25, -0.2) is 0 Å². The van der Waals surface area contributed by atoms with Crippen molar-refractivity contribution in [2.75, 3.05) is 5.73 Å². The van der Waals surface area contributed by atoms with Crippen molar-refractivity contribution in [3.63, 3.8) is 0 Å². The van der Waals surface area contributed by atoms with Crippen LogP contribution in [0.3, 0.4) is 0 Å². The maximum atomic E-state index is 9.42. The summed E-state index contributed by atoms with van der Waals surface area (Å²) in [5.74, 6) is 0.263. The first kappa shape index (κ1) is 12.3. The summed E-state index contributed by atoms with van der Waals surface area (Å²) in [4.78, 5) is 0. The van der Waals surface area contributed by atoms with Gasteiger partial charge in [-0.15, -0.1) is 0 Å². The molecule has 0 heterocycles. The molecule has 3 aromatic carbocycles. The van der Waals surface area contributed by atoms with Gasteiger partial charge in [0.1, 0.15) is 5.75 Å². The van der Waals surface area contributed by atoms with E-state index in [1.165, 1.54) is 0 Å². The largest absolute Gasteiger partial charge is 0.508 e. The van der Waals surface area contributed by atoms with Crippen molar-refractivity contribution in [2.24, 2.45) is 0 Å². The van der Waals surface area contributed by atoms with Gasteiger partial charge in [-0.1, -0.05) is 54.6 Å². The van der Waals surface area contributed by atoms with Crippen LogP contribution in [0.2, 0.25) is 0 Å². The van der Waals surface area contributed by atoms with E-state index in [0.717, 1.165) is 27.9 Å². The summed E-state index contributed by atoms with van der Waals surface area (Å²) in [7, 11) is 0. The Bertz CT molecular complexity index is 718. The van der Waals surface area contributed by atoms with Gasteiger partial charge in [0, 0.05) is 11.3 Å². The lowest BCUT2D eigenvalue weighted by Crippen LogP contribution is -1.93. The van der Waals surface area contributed by atoms with E-state index in [2.05, 4.69) is 12.1 Å². The minimum Gasteiger partial charge on any atom is -0.508 e. The average Bonchev–Trinajstić information content (AvgIpc) is 2.49. The fourth-order valence-electron chi connectivity index (χ4n) is 2.38. The highest BCUT2D eigenvalue weighted by Gasteiger charge is 2.10. The number of rotatable bonds is 2. The van der Waals surface area contributed by atoms with Gasteiger partial charge in [0.25, 0.3) is 0 Å². The molecule has 0 saturated carbocycles. The summed E-state index contributed by atoms with van der Waals surface area (Å²) in [5.41, 5.74) is 11.1. The van der Waals surface area contributed by atoms with Gasteiger partial charge in [0.15, 0.2) is 0 Å². The molecule has 0 aromatic heterocycles. The van der Waals surface area contributed by atoms with Crippen LogP contribution in [0.1, 0.15) is 0 Å². The number of hydrogen-bond acceptors (Lipinski definition) is 2. The number of phenolic OH excluding ortho intramolecular Hbond substituents is 1. The molecule has 0 unspecified atom stereocenters. The number of hydrogen-bond donors (Lipinski definition) is 2. The minimum absolute atomic E-state index is 0.263. The van der Waals surface area contributed by atoms with E-state index < -0.39 is 0 Å². The van der Waals surface area contributed by atoms with Crippen molar-refractivity contribution >= 4 is 5.69 Å². The van der Waals surface area contributed by atoms with Crippen LogP contribution in [-0.4, -0.2) is 5.11 Å². The molecule has 0 bridgehead atoms. The smallest absolute Gasteiger partial charge is 0.115 e. The van der Waals surface area contributed by atoms with Crippen LogP contribution in [0.25, 0.3) is 22.3 Å². The molecule has 0 aliphatic heterocycles. The summed E-state index contributed by atoms with van der Waals surface area (Å²) < 4.78 is 0. The van der Waals surface area contributed by atoms with Gasteiger partial charge >= 0.3 is 0 Å². The quantitative estimate of drug-likeness (QED) is 0.675. The molecule has 3 aromatic rings. The number of phenols is 1. The molecule has 0 spiro atoms. The Labute approximate surface area is 118 Å². The van der Waals surface area contributed by atoms with Crippen molar-refractivity contribution in [1.82, 2.24) is 0 Å². The maximum Gasteiger partial charge on any atom is 0.115 e. The third-order valence-electron chi connectivity index (χ3n) is 3.34. The van der Waals surface area contributed by atoms with E-state index in [4.69, 9.17) is 5.73 Å². The molecule has 3 N–H and O–H groups in total. The van der Waals surface area contributed by atoms with E-state index in [1.807, 2.05) is 48.5 Å². The Kier molecular flexibility index (Phi) is 3.13. The zero-order valence-corrected chi connectivity index (χ0v) is 11.0. The van der Waals surface area contributed by atoms with Crippen molar-refractivity contribution in [3.05, 3.63) is 72.8 Å². The van der Waals surface area contributed by atoms with Crippen LogP contribution in [0.4, 0.5) is 5.69 Å². The highest BCUT2D eigenvalue weighted by molar-refractivity contribution is 5.91. The topological polar surface area (TPSA) is 46.2 Å². The monoisotopic (exact) mass is 261 g/mol. The SMILES string of the molecule is Nc1cccc(-c2ccc(O)cc2)c1-c1ccccc1. The standard InChI is InChI=1S/C18H15NO/c19-17-8-4-7-16(13-9-11-15(20)12-10-13)18(17)14-5-2-1-3-6-14/h1-12,20H,19H2. The van der Waals surface area contributed by atoms with Gasteiger partial charge in [-0.3, -0.25) is 0 Å². The van der Waals surface area contributed by atoms with Gasteiger partial charge < -0.3 is 10.8 Å². The Hall–Kier alpha value is -2.74. The fourth-order valence-corrected chi connectivity index (χ4v) is 2.38. The Morgan fingerprint density at radius 2 is 1.35 bits per heavy atom. The predicted molar refractivity (Wildman–Crippen MR) is 83.4 cm³/mol. The van der Waals surface area contributed by atoms with E-state index in [-0.39, 0.29) is 5.75 Å². The first-order valence-corrected chi connectivity index (χ1v) is 6.49. The molecule has 0 fully saturated rings. The molecule has 0 aliphatic carbocycles. The van der Waals surface area contributed by atoms with E-state index >= 15 is 0 Å². The predicted octanol–water partition coefficient (Wildman–Crippen LogP) is 4.31. The zero-order chi connectivity index (χ0) is 13.9. The van der Waals surface area contributed by atoms with Crippen LogP contribution >= 0.6 is 0 Å². The van der Waals surface area contributed by atoms with Crippen LogP contribution in [0.15, 0.2) is 72.8 Å². The second-order valence-electron chi connectivity index (χ2n) is 4.68. The second kappa shape index (κ2) is 5.10. The van der Waals surface area contributed by atoms with Crippen molar-refractivity contribution in [3.8, 4) is 28.0 Å². The number of nitrogen functional groups attached to an aromatic ring is 1. The maximum absolute atomic E-state index is 9.42. The molecule has 2 nitrogen and oxygen atoms in total. The first-order valence-electron chi connectivity index (χ1n) is 6.49. The molecule has 0 atom stereocenters. The summed E-state index contributed by atoms with van der Waals surface area (Å²) in [6, 6.07) is 23.2. The molecular formula is C18H15NO. The van der Waals surface area contributed by atoms with Crippen molar-refractivity contribution in [1.29, 1.82) is 0 Å². The molecule has 3 rings (SSSR count). The molecule has 0 radical (unpaired) electrons. The Balaban J connectivity index is 2.22. The number of benzene rings is 3. The summed E-state index contributed by atoms with van der Waals surface area (Å²) in [5, 5.41) is 9.42. The Morgan fingerprint density at radius 3 is 2.05 bits per heavy atom. The molecular weight excluding hydrogens is 246 g/mol. The van der Waals surface area contributed by atoms with Crippen molar-refractivity contribution in [2.45, 2.75) is 0 Å². The van der Waals surface area contributed by atoms with Crippen LogP contribution < -0.4 is 5.73 Å². The highest BCUT2D eigenvalue weighted by atomic mass is 16.3. The number of anilines is 1. The molecule has 0 amide bonds. The third kappa shape index (κ3) is 2.24. The molecule has 0 aliphatic rings. The van der Waals surface area contributed by atoms with Crippen LogP contribution in [-0.2, 0) is 0 Å². The lowest BCUT2D eigenvalue weighted by Gasteiger charge is -2.13. The number of nitrogens with two attached hydrogens (primary N) is 1. The van der Waals surface area contributed by atoms with Gasteiger partial charge in [0.05, 0.1) is 0 Å². The first-order chi connectivity index (χ1) is 9.75. The van der Waals surface area contributed by atoms with Gasteiger partial charge in [-0.05, 0) is 34.9 Å². The molecule has 20 heavy (non-hydrogen) atoms.